The van der Waals surface area contributed by atoms with Crippen LogP contribution in [0.25, 0.3) is 0 Å². The molecule has 0 aromatic carbocycles. The Kier molecular flexibility index (Phi) is 2.86. The number of rotatable bonds is 1. The molecule has 1 aliphatic rings. The standard InChI is InChI=1S/C7H10O6/c1-12-6(10)4-2-3(8)5(9)7(11)13-4/h2-3,5,7-9,11H,1H3. The first kappa shape index (κ1) is 9.97. The first-order valence-electron chi connectivity index (χ1n) is 3.57. The summed E-state index contributed by atoms with van der Waals surface area (Å²) in [6.07, 6.45) is -3.43. The monoisotopic (exact) mass is 190 g/mol. The van der Waals surface area contributed by atoms with Crippen LogP contribution in [0, 0.1) is 0 Å². The molecule has 0 aliphatic carbocycles. The quantitative estimate of drug-likeness (QED) is 0.418. The van der Waals surface area contributed by atoms with Crippen LogP contribution in [0.5, 0.6) is 0 Å². The van der Waals surface area contributed by atoms with Gasteiger partial charge >= 0.3 is 5.97 Å². The number of esters is 1. The molecule has 3 N–H and O–H groups in total. The van der Waals surface area contributed by atoms with E-state index in [0.717, 1.165) is 13.2 Å². The van der Waals surface area contributed by atoms with E-state index in [4.69, 9.17) is 15.3 Å². The lowest BCUT2D eigenvalue weighted by Crippen LogP contribution is -2.42. The second-order valence-corrected chi connectivity index (χ2v) is 2.51. The van der Waals surface area contributed by atoms with Crippen molar-refractivity contribution in [1.29, 1.82) is 0 Å². The summed E-state index contributed by atoms with van der Waals surface area (Å²) < 4.78 is 8.84. The Balaban J connectivity index is 2.78. The minimum absolute atomic E-state index is 0.312. The average molecular weight is 190 g/mol. The molecule has 3 atom stereocenters. The second-order valence-electron chi connectivity index (χ2n) is 2.51. The van der Waals surface area contributed by atoms with Crippen molar-refractivity contribution in [3.05, 3.63) is 11.8 Å². The molecule has 0 aromatic rings. The Bertz CT molecular complexity index is 235. The maximum atomic E-state index is 10.8. The number of hydrogen-bond donors (Lipinski definition) is 3. The van der Waals surface area contributed by atoms with Crippen molar-refractivity contribution in [1.82, 2.24) is 0 Å². The molecule has 0 saturated heterocycles. The maximum Gasteiger partial charge on any atom is 0.373 e. The lowest BCUT2D eigenvalue weighted by Gasteiger charge is -2.26. The van der Waals surface area contributed by atoms with Gasteiger partial charge in [-0.2, -0.15) is 0 Å². The molecular formula is C7H10O6. The summed E-state index contributed by atoms with van der Waals surface area (Å²) >= 11 is 0. The molecule has 0 spiro atoms. The highest BCUT2D eigenvalue weighted by Crippen LogP contribution is 2.17. The van der Waals surface area contributed by atoms with Gasteiger partial charge in [-0.25, -0.2) is 4.79 Å². The van der Waals surface area contributed by atoms with Crippen molar-refractivity contribution in [2.24, 2.45) is 0 Å². The van der Waals surface area contributed by atoms with Gasteiger partial charge in [-0.3, -0.25) is 0 Å². The third kappa shape index (κ3) is 1.97. The second kappa shape index (κ2) is 3.73. The van der Waals surface area contributed by atoms with Crippen LogP contribution in [0.3, 0.4) is 0 Å². The zero-order valence-electron chi connectivity index (χ0n) is 6.88. The Morgan fingerprint density at radius 1 is 1.54 bits per heavy atom. The predicted molar refractivity (Wildman–Crippen MR) is 39.2 cm³/mol. The van der Waals surface area contributed by atoms with E-state index in [2.05, 4.69) is 9.47 Å². The lowest BCUT2D eigenvalue weighted by molar-refractivity contribution is -0.184. The van der Waals surface area contributed by atoms with E-state index in [-0.39, 0.29) is 5.76 Å². The fourth-order valence-electron chi connectivity index (χ4n) is 0.878. The van der Waals surface area contributed by atoms with Crippen molar-refractivity contribution in [3.8, 4) is 0 Å². The van der Waals surface area contributed by atoms with Gasteiger partial charge in [0.15, 0.2) is 0 Å². The molecule has 1 aliphatic heterocycles. The van der Waals surface area contributed by atoms with E-state index in [1.165, 1.54) is 0 Å². The van der Waals surface area contributed by atoms with Gasteiger partial charge in [-0.15, -0.1) is 0 Å². The van der Waals surface area contributed by atoms with Crippen molar-refractivity contribution in [2.75, 3.05) is 7.11 Å². The van der Waals surface area contributed by atoms with Gasteiger partial charge in [0.25, 0.3) is 0 Å². The molecule has 0 bridgehead atoms. The summed E-state index contributed by atoms with van der Waals surface area (Å²) in [4.78, 5) is 10.8. The first-order valence-corrected chi connectivity index (χ1v) is 3.57. The molecule has 3 unspecified atom stereocenters. The van der Waals surface area contributed by atoms with Gasteiger partial charge in [-0.05, 0) is 6.08 Å². The fraction of sp³-hybridized carbons (Fsp3) is 0.571. The Morgan fingerprint density at radius 3 is 2.62 bits per heavy atom. The van der Waals surface area contributed by atoms with Gasteiger partial charge in [0.1, 0.15) is 12.2 Å². The Hall–Kier alpha value is -1.11. The maximum absolute atomic E-state index is 10.8. The molecule has 0 amide bonds. The lowest BCUT2D eigenvalue weighted by atomic mass is 10.1. The topological polar surface area (TPSA) is 96.2 Å². The predicted octanol–water partition coefficient (Wildman–Crippen LogP) is -1.89. The normalized spacial score (nSPS) is 33.2. The van der Waals surface area contributed by atoms with Crippen molar-refractivity contribution in [2.45, 2.75) is 18.5 Å². The van der Waals surface area contributed by atoms with Crippen LogP contribution < -0.4 is 0 Å². The van der Waals surface area contributed by atoms with Crippen molar-refractivity contribution < 1.29 is 29.6 Å². The van der Waals surface area contributed by atoms with E-state index in [1.807, 2.05) is 0 Å². The third-order valence-corrected chi connectivity index (χ3v) is 1.60. The molecule has 1 rings (SSSR count). The van der Waals surface area contributed by atoms with E-state index in [9.17, 15) is 4.79 Å². The number of aliphatic hydroxyl groups excluding tert-OH is 3. The highest BCUT2D eigenvalue weighted by Gasteiger charge is 2.33. The number of ether oxygens (including phenoxy) is 2. The van der Waals surface area contributed by atoms with Crippen LogP contribution >= 0.6 is 0 Å². The number of hydrogen-bond acceptors (Lipinski definition) is 6. The van der Waals surface area contributed by atoms with Crippen LogP contribution in [0.4, 0.5) is 0 Å². The van der Waals surface area contributed by atoms with Crippen molar-refractivity contribution >= 4 is 5.97 Å². The fourth-order valence-corrected chi connectivity index (χ4v) is 0.878. The number of carbonyl (C=O) groups excluding carboxylic acids is 1. The van der Waals surface area contributed by atoms with Crippen molar-refractivity contribution in [3.63, 3.8) is 0 Å². The highest BCUT2D eigenvalue weighted by atomic mass is 16.6. The molecule has 13 heavy (non-hydrogen) atoms. The summed E-state index contributed by atoms with van der Waals surface area (Å²) in [6.45, 7) is 0. The molecule has 6 nitrogen and oxygen atoms in total. The summed E-state index contributed by atoms with van der Waals surface area (Å²) in [7, 11) is 1.14. The van der Waals surface area contributed by atoms with Crippen LogP contribution in [-0.2, 0) is 14.3 Å². The molecule has 1 heterocycles. The minimum Gasteiger partial charge on any atom is -0.463 e. The molecular weight excluding hydrogens is 180 g/mol. The van der Waals surface area contributed by atoms with Gasteiger partial charge in [0, 0.05) is 0 Å². The summed E-state index contributed by atoms with van der Waals surface area (Å²) in [6, 6.07) is 0. The van der Waals surface area contributed by atoms with Crippen LogP contribution in [0.1, 0.15) is 0 Å². The number of carbonyl (C=O) groups is 1. The van der Waals surface area contributed by atoms with Gasteiger partial charge < -0.3 is 24.8 Å². The molecule has 0 radical (unpaired) electrons. The summed E-state index contributed by atoms with van der Waals surface area (Å²) in [5, 5.41) is 27.1. The van der Waals surface area contributed by atoms with E-state index in [1.54, 1.807) is 0 Å². The Morgan fingerprint density at radius 2 is 2.15 bits per heavy atom. The number of aliphatic hydroxyl groups is 3. The SMILES string of the molecule is COC(=O)C1=CC(O)C(O)C(O)O1. The van der Waals surface area contributed by atoms with E-state index >= 15 is 0 Å². The minimum atomic E-state index is -1.62. The first-order chi connectivity index (χ1) is 6.06. The summed E-state index contributed by atoms with van der Waals surface area (Å²) in [5.41, 5.74) is 0. The van der Waals surface area contributed by atoms with E-state index in [0.29, 0.717) is 0 Å². The number of methoxy groups -OCH3 is 1. The molecule has 74 valence electrons. The van der Waals surface area contributed by atoms with Gasteiger partial charge in [0.05, 0.1) is 7.11 Å². The zero-order valence-corrected chi connectivity index (χ0v) is 6.88. The van der Waals surface area contributed by atoms with Gasteiger partial charge in [0.2, 0.25) is 12.0 Å². The molecule has 0 aromatic heterocycles. The van der Waals surface area contributed by atoms with Crippen LogP contribution in [-0.4, -0.2) is 46.9 Å². The molecule has 0 saturated carbocycles. The smallest absolute Gasteiger partial charge is 0.373 e. The zero-order chi connectivity index (χ0) is 10.0. The van der Waals surface area contributed by atoms with Crippen LogP contribution in [0.2, 0.25) is 0 Å². The highest BCUT2D eigenvalue weighted by molar-refractivity contribution is 5.86. The summed E-state index contributed by atoms with van der Waals surface area (Å²) in [5.74, 6) is -1.13. The molecule has 0 fully saturated rings. The Labute approximate surface area is 74.0 Å². The average Bonchev–Trinajstić information content (AvgIpc) is 2.12. The van der Waals surface area contributed by atoms with Gasteiger partial charge in [-0.1, -0.05) is 0 Å². The van der Waals surface area contributed by atoms with E-state index < -0.39 is 24.5 Å². The molecule has 6 heteroatoms. The van der Waals surface area contributed by atoms with Crippen LogP contribution in [0.15, 0.2) is 11.8 Å². The third-order valence-electron chi connectivity index (χ3n) is 1.60. The largest absolute Gasteiger partial charge is 0.463 e.